The zero-order valence-corrected chi connectivity index (χ0v) is 14.2. The molecule has 2 atom stereocenters. The van der Waals surface area contributed by atoms with Crippen LogP contribution in [0.5, 0.6) is 0 Å². The average molecular weight is 349 g/mol. The van der Waals surface area contributed by atoms with Crippen LogP contribution < -0.4 is 5.32 Å². The molecule has 0 amide bonds. The standard InChI is InChI=1S/C17H21ClN4O2/c18-14-2-1-13(16(7-14)22-12-19-11-21-22)9-20-15-3-5-24-17(8-15)4-6-23-10-17/h1-2,7,11-12,15,20H,3-6,8-10H2/t15-,17-/m0/s1. The predicted octanol–water partition coefficient (Wildman–Crippen LogP) is 2.35. The highest BCUT2D eigenvalue weighted by atomic mass is 35.5. The molecule has 2 aliphatic heterocycles. The van der Waals surface area contributed by atoms with E-state index >= 15 is 0 Å². The largest absolute Gasteiger partial charge is 0.378 e. The van der Waals surface area contributed by atoms with Gasteiger partial charge < -0.3 is 14.8 Å². The fourth-order valence-corrected chi connectivity index (χ4v) is 3.72. The summed E-state index contributed by atoms with van der Waals surface area (Å²) < 4.78 is 13.3. The van der Waals surface area contributed by atoms with E-state index in [0.717, 1.165) is 56.9 Å². The second-order valence-corrected chi connectivity index (χ2v) is 6.95. The van der Waals surface area contributed by atoms with E-state index in [0.29, 0.717) is 11.1 Å². The van der Waals surface area contributed by atoms with Crippen molar-refractivity contribution in [1.29, 1.82) is 0 Å². The fraction of sp³-hybridized carbons (Fsp3) is 0.529. The molecule has 0 unspecified atom stereocenters. The monoisotopic (exact) mass is 348 g/mol. The van der Waals surface area contributed by atoms with Gasteiger partial charge in [-0.25, -0.2) is 9.67 Å². The van der Waals surface area contributed by atoms with Crippen molar-refractivity contribution in [2.75, 3.05) is 19.8 Å². The van der Waals surface area contributed by atoms with E-state index < -0.39 is 0 Å². The first-order valence-corrected chi connectivity index (χ1v) is 8.70. The summed E-state index contributed by atoms with van der Waals surface area (Å²) in [6.45, 7) is 3.07. The first kappa shape index (κ1) is 16.0. The van der Waals surface area contributed by atoms with Crippen molar-refractivity contribution in [3.05, 3.63) is 41.4 Å². The van der Waals surface area contributed by atoms with Crippen molar-refractivity contribution in [2.45, 2.75) is 37.5 Å². The lowest BCUT2D eigenvalue weighted by Crippen LogP contribution is -2.47. The second-order valence-electron chi connectivity index (χ2n) is 6.52. The molecule has 24 heavy (non-hydrogen) atoms. The molecule has 3 heterocycles. The number of ether oxygens (including phenoxy) is 2. The molecule has 2 aromatic rings. The van der Waals surface area contributed by atoms with Crippen LogP contribution in [0.2, 0.25) is 5.02 Å². The summed E-state index contributed by atoms with van der Waals surface area (Å²) >= 11 is 6.15. The molecule has 0 radical (unpaired) electrons. The highest BCUT2D eigenvalue weighted by Gasteiger charge is 2.40. The summed E-state index contributed by atoms with van der Waals surface area (Å²) in [7, 11) is 0. The molecule has 0 saturated carbocycles. The van der Waals surface area contributed by atoms with E-state index in [4.69, 9.17) is 21.1 Å². The Morgan fingerprint density at radius 2 is 2.33 bits per heavy atom. The number of benzene rings is 1. The number of hydrogen-bond acceptors (Lipinski definition) is 5. The molecule has 1 N–H and O–H groups in total. The van der Waals surface area contributed by atoms with Crippen molar-refractivity contribution in [3.63, 3.8) is 0 Å². The van der Waals surface area contributed by atoms with Crippen LogP contribution >= 0.6 is 11.6 Å². The van der Waals surface area contributed by atoms with Gasteiger partial charge in [-0.1, -0.05) is 17.7 Å². The second kappa shape index (κ2) is 6.80. The zero-order chi connectivity index (χ0) is 16.4. The number of halogens is 1. The summed E-state index contributed by atoms with van der Waals surface area (Å²) in [5.41, 5.74) is 2.02. The van der Waals surface area contributed by atoms with Gasteiger partial charge in [-0.05, 0) is 30.5 Å². The topological polar surface area (TPSA) is 61.2 Å². The predicted molar refractivity (Wildman–Crippen MR) is 90.3 cm³/mol. The van der Waals surface area contributed by atoms with Gasteiger partial charge in [-0.15, -0.1) is 0 Å². The first-order chi connectivity index (χ1) is 11.7. The van der Waals surface area contributed by atoms with Crippen LogP contribution in [-0.2, 0) is 16.0 Å². The lowest BCUT2D eigenvalue weighted by atomic mass is 9.89. The van der Waals surface area contributed by atoms with Gasteiger partial charge in [0.1, 0.15) is 12.7 Å². The van der Waals surface area contributed by atoms with Crippen molar-refractivity contribution in [1.82, 2.24) is 20.1 Å². The Morgan fingerprint density at radius 1 is 1.38 bits per heavy atom. The Labute approximate surface area is 146 Å². The smallest absolute Gasteiger partial charge is 0.138 e. The summed E-state index contributed by atoms with van der Waals surface area (Å²) in [6.07, 6.45) is 6.23. The molecule has 6 nitrogen and oxygen atoms in total. The van der Waals surface area contributed by atoms with Crippen LogP contribution in [-0.4, -0.2) is 46.2 Å². The molecular formula is C17H21ClN4O2. The van der Waals surface area contributed by atoms with E-state index in [1.165, 1.54) is 6.33 Å². The van der Waals surface area contributed by atoms with Gasteiger partial charge in [0, 0.05) is 37.2 Å². The summed E-state index contributed by atoms with van der Waals surface area (Å²) in [5, 5.41) is 8.59. The Bertz CT molecular complexity index is 686. The molecule has 7 heteroatoms. The van der Waals surface area contributed by atoms with Crippen LogP contribution in [0.15, 0.2) is 30.9 Å². The maximum atomic E-state index is 6.15. The van der Waals surface area contributed by atoms with Gasteiger partial charge >= 0.3 is 0 Å². The highest BCUT2D eigenvalue weighted by molar-refractivity contribution is 6.30. The molecule has 4 rings (SSSR count). The van der Waals surface area contributed by atoms with Gasteiger partial charge in [0.2, 0.25) is 0 Å². The van der Waals surface area contributed by atoms with Crippen molar-refractivity contribution in [2.24, 2.45) is 0 Å². The van der Waals surface area contributed by atoms with E-state index in [9.17, 15) is 0 Å². The third-order valence-electron chi connectivity index (χ3n) is 4.85. The van der Waals surface area contributed by atoms with Crippen molar-refractivity contribution in [3.8, 4) is 5.69 Å². The normalized spacial score (nSPS) is 27.0. The average Bonchev–Trinajstić information content (AvgIpc) is 3.26. The van der Waals surface area contributed by atoms with Gasteiger partial charge in [-0.3, -0.25) is 0 Å². The van der Waals surface area contributed by atoms with Crippen LogP contribution in [0.4, 0.5) is 0 Å². The molecule has 0 bridgehead atoms. The number of aromatic nitrogens is 3. The highest BCUT2D eigenvalue weighted by Crippen LogP contribution is 2.33. The summed E-state index contributed by atoms with van der Waals surface area (Å²) in [6, 6.07) is 6.30. The quantitative estimate of drug-likeness (QED) is 0.919. The number of rotatable bonds is 4. The number of nitrogens with one attached hydrogen (secondary N) is 1. The SMILES string of the molecule is Clc1ccc(CN[C@H]2CCO[C@@]3(CCOC3)C2)c(-n2cncn2)c1. The van der Waals surface area contributed by atoms with Gasteiger partial charge in [0.25, 0.3) is 0 Å². The third-order valence-corrected chi connectivity index (χ3v) is 5.09. The minimum Gasteiger partial charge on any atom is -0.378 e. The molecule has 1 spiro atoms. The number of hydrogen-bond donors (Lipinski definition) is 1. The first-order valence-electron chi connectivity index (χ1n) is 8.33. The van der Waals surface area contributed by atoms with Crippen molar-refractivity contribution < 1.29 is 9.47 Å². The van der Waals surface area contributed by atoms with Gasteiger partial charge in [0.15, 0.2) is 0 Å². The molecule has 2 fully saturated rings. The molecule has 128 valence electrons. The Hall–Kier alpha value is -1.47. The Balaban J connectivity index is 1.46. The Morgan fingerprint density at radius 3 is 3.12 bits per heavy atom. The Kier molecular flexibility index (Phi) is 4.54. The van der Waals surface area contributed by atoms with E-state index in [1.54, 1.807) is 11.0 Å². The van der Waals surface area contributed by atoms with Gasteiger partial charge in [0.05, 0.1) is 17.9 Å². The minimum atomic E-state index is -0.0787. The lowest BCUT2D eigenvalue weighted by molar-refractivity contribution is -0.0894. The molecule has 2 saturated heterocycles. The summed E-state index contributed by atoms with van der Waals surface area (Å²) in [4.78, 5) is 4.03. The van der Waals surface area contributed by atoms with Crippen LogP contribution in [0.25, 0.3) is 5.69 Å². The van der Waals surface area contributed by atoms with Crippen LogP contribution in [0, 0.1) is 0 Å². The van der Waals surface area contributed by atoms with E-state index in [-0.39, 0.29) is 5.60 Å². The molecular weight excluding hydrogens is 328 g/mol. The van der Waals surface area contributed by atoms with Crippen LogP contribution in [0.1, 0.15) is 24.8 Å². The zero-order valence-electron chi connectivity index (χ0n) is 13.4. The van der Waals surface area contributed by atoms with Crippen LogP contribution in [0.3, 0.4) is 0 Å². The third kappa shape index (κ3) is 3.32. The van der Waals surface area contributed by atoms with Crippen molar-refractivity contribution >= 4 is 11.6 Å². The molecule has 0 aliphatic carbocycles. The lowest BCUT2D eigenvalue weighted by Gasteiger charge is -2.37. The maximum absolute atomic E-state index is 6.15. The summed E-state index contributed by atoms with van der Waals surface area (Å²) in [5.74, 6) is 0. The van der Waals surface area contributed by atoms with E-state index in [1.807, 2.05) is 18.2 Å². The minimum absolute atomic E-state index is 0.0787. The molecule has 2 aliphatic rings. The fourth-order valence-electron chi connectivity index (χ4n) is 3.55. The number of nitrogens with zero attached hydrogens (tertiary/aromatic N) is 3. The maximum Gasteiger partial charge on any atom is 0.138 e. The van der Waals surface area contributed by atoms with E-state index in [2.05, 4.69) is 15.4 Å². The van der Waals surface area contributed by atoms with Gasteiger partial charge in [-0.2, -0.15) is 5.10 Å². The molecule has 1 aromatic carbocycles. The molecule has 1 aromatic heterocycles.